The van der Waals surface area contributed by atoms with Crippen molar-refractivity contribution in [3.8, 4) is 17.2 Å². The van der Waals surface area contributed by atoms with Crippen molar-refractivity contribution in [2.75, 3.05) is 6.61 Å². The van der Waals surface area contributed by atoms with Gasteiger partial charge in [-0.15, -0.1) is 0 Å². The highest BCUT2D eigenvalue weighted by Crippen LogP contribution is 2.24. The summed E-state index contributed by atoms with van der Waals surface area (Å²) in [7, 11) is 0. The van der Waals surface area contributed by atoms with Crippen LogP contribution >= 0.6 is 0 Å². The normalized spacial score (nSPS) is 11.8. The van der Waals surface area contributed by atoms with E-state index in [-0.39, 0.29) is 11.2 Å². The lowest BCUT2D eigenvalue weighted by molar-refractivity contribution is -0.151. The van der Waals surface area contributed by atoms with Crippen LogP contribution in [0.15, 0.2) is 57.9 Å². The Morgan fingerprint density at radius 2 is 1.82 bits per heavy atom. The maximum absolute atomic E-state index is 12.7. The summed E-state index contributed by atoms with van der Waals surface area (Å²) in [5.74, 6) is 0.618. The van der Waals surface area contributed by atoms with E-state index in [1.807, 2.05) is 26.0 Å². The molecule has 1 aromatic heterocycles. The van der Waals surface area contributed by atoms with Gasteiger partial charge in [0.15, 0.2) is 6.10 Å². The molecule has 1 atom stereocenters. The lowest BCUT2D eigenvalue weighted by Gasteiger charge is -2.14. The third-order valence-corrected chi connectivity index (χ3v) is 4.06. The molecule has 3 rings (SSSR count). The Labute approximate surface area is 162 Å². The molecule has 0 aliphatic heterocycles. The first kappa shape index (κ1) is 19.5. The lowest BCUT2D eigenvalue weighted by Crippen LogP contribution is -2.26. The minimum absolute atomic E-state index is 0.0986. The fraction of sp³-hybridized carbons (Fsp3) is 0.273. The van der Waals surface area contributed by atoms with Crippen molar-refractivity contribution in [1.82, 2.24) is 0 Å². The first-order chi connectivity index (χ1) is 13.5. The number of aryl methyl sites for hydroxylation is 1. The molecule has 146 valence electrons. The van der Waals surface area contributed by atoms with Gasteiger partial charge in [-0.1, -0.05) is 24.6 Å². The van der Waals surface area contributed by atoms with Crippen LogP contribution in [0.4, 0.5) is 0 Å². The second kappa shape index (κ2) is 8.61. The fourth-order valence-corrected chi connectivity index (χ4v) is 2.54. The van der Waals surface area contributed by atoms with E-state index in [1.54, 1.807) is 37.3 Å². The Balaban J connectivity index is 1.79. The number of hydrogen-bond donors (Lipinski definition) is 0. The van der Waals surface area contributed by atoms with E-state index in [0.717, 1.165) is 12.0 Å². The van der Waals surface area contributed by atoms with Gasteiger partial charge in [-0.2, -0.15) is 0 Å². The van der Waals surface area contributed by atoms with Crippen molar-refractivity contribution in [2.24, 2.45) is 0 Å². The highest BCUT2D eigenvalue weighted by molar-refractivity contribution is 5.79. The molecule has 0 bridgehead atoms. The Morgan fingerprint density at radius 3 is 2.54 bits per heavy atom. The number of carbonyl (C=O) groups excluding carboxylic acids is 1. The van der Waals surface area contributed by atoms with Gasteiger partial charge in [-0.3, -0.25) is 4.79 Å². The second-order valence-corrected chi connectivity index (χ2v) is 6.43. The van der Waals surface area contributed by atoms with Gasteiger partial charge in [-0.25, -0.2) is 4.79 Å². The van der Waals surface area contributed by atoms with Gasteiger partial charge in [0.05, 0.1) is 12.0 Å². The molecule has 28 heavy (non-hydrogen) atoms. The number of benzene rings is 2. The maximum Gasteiger partial charge on any atom is 0.347 e. The SMILES string of the molecule is CCCOC(=O)C(C)Oc1ccc2c(=O)c(Oc3ccc(C)cc3)coc2c1. The monoisotopic (exact) mass is 382 g/mol. The number of rotatable bonds is 7. The molecule has 0 aliphatic rings. The van der Waals surface area contributed by atoms with Crippen LogP contribution in [0.2, 0.25) is 0 Å². The zero-order chi connectivity index (χ0) is 20.1. The average molecular weight is 382 g/mol. The van der Waals surface area contributed by atoms with Crippen molar-refractivity contribution in [3.05, 3.63) is 64.5 Å². The first-order valence-corrected chi connectivity index (χ1v) is 9.11. The molecule has 0 fully saturated rings. The number of ether oxygens (including phenoxy) is 3. The van der Waals surface area contributed by atoms with E-state index in [1.165, 1.54) is 6.26 Å². The molecule has 0 radical (unpaired) electrons. The van der Waals surface area contributed by atoms with Crippen molar-refractivity contribution < 1.29 is 23.4 Å². The molecule has 0 aliphatic carbocycles. The number of carbonyl (C=O) groups is 1. The Kier molecular flexibility index (Phi) is 5.99. The van der Waals surface area contributed by atoms with E-state index in [9.17, 15) is 9.59 Å². The number of esters is 1. The largest absolute Gasteiger partial charge is 0.479 e. The van der Waals surface area contributed by atoms with Crippen LogP contribution in [0.5, 0.6) is 17.2 Å². The molecular formula is C22H22O6. The predicted octanol–water partition coefficient (Wildman–Crippen LogP) is 4.61. The summed E-state index contributed by atoms with van der Waals surface area (Å²) < 4.78 is 21.8. The molecule has 0 saturated carbocycles. The highest BCUT2D eigenvalue weighted by atomic mass is 16.6. The van der Waals surface area contributed by atoms with Gasteiger partial charge < -0.3 is 18.6 Å². The predicted molar refractivity (Wildman–Crippen MR) is 105 cm³/mol. The summed E-state index contributed by atoms with van der Waals surface area (Å²) >= 11 is 0. The molecule has 0 spiro atoms. The minimum Gasteiger partial charge on any atom is -0.479 e. The fourth-order valence-electron chi connectivity index (χ4n) is 2.54. The summed E-state index contributed by atoms with van der Waals surface area (Å²) in [5.41, 5.74) is 1.15. The summed E-state index contributed by atoms with van der Waals surface area (Å²) in [6.07, 6.45) is 1.25. The van der Waals surface area contributed by atoms with Gasteiger partial charge in [0.25, 0.3) is 0 Å². The molecule has 0 amide bonds. The van der Waals surface area contributed by atoms with E-state index in [0.29, 0.717) is 29.1 Å². The second-order valence-electron chi connectivity index (χ2n) is 6.43. The average Bonchev–Trinajstić information content (AvgIpc) is 2.69. The molecule has 3 aromatic rings. The third kappa shape index (κ3) is 4.52. The van der Waals surface area contributed by atoms with Crippen LogP contribution in [0.3, 0.4) is 0 Å². The van der Waals surface area contributed by atoms with Crippen LogP contribution in [-0.4, -0.2) is 18.7 Å². The third-order valence-electron chi connectivity index (χ3n) is 4.06. The van der Waals surface area contributed by atoms with Crippen LogP contribution in [0.25, 0.3) is 11.0 Å². The summed E-state index contributed by atoms with van der Waals surface area (Å²) in [6.45, 7) is 5.85. The lowest BCUT2D eigenvalue weighted by atomic mass is 10.2. The van der Waals surface area contributed by atoms with Gasteiger partial charge in [0.2, 0.25) is 11.2 Å². The highest BCUT2D eigenvalue weighted by Gasteiger charge is 2.17. The summed E-state index contributed by atoms with van der Waals surface area (Å²) in [4.78, 5) is 24.5. The summed E-state index contributed by atoms with van der Waals surface area (Å²) in [5, 5.41) is 0.359. The summed E-state index contributed by atoms with van der Waals surface area (Å²) in [6, 6.07) is 12.1. The molecule has 2 aromatic carbocycles. The topological polar surface area (TPSA) is 75.0 Å². The van der Waals surface area contributed by atoms with Crippen LogP contribution < -0.4 is 14.9 Å². The Hall–Kier alpha value is -3.28. The molecule has 0 N–H and O–H groups in total. The molecule has 1 heterocycles. The van der Waals surface area contributed by atoms with Crippen LogP contribution in [0, 0.1) is 6.92 Å². The minimum atomic E-state index is -0.764. The molecular weight excluding hydrogens is 360 g/mol. The van der Waals surface area contributed by atoms with Gasteiger partial charge >= 0.3 is 5.97 Å². The smallest absolute Gasteiger partial charge is 0.347 e. The zero-order valence-electron chi connectivity index (χ0n) is 16.1. The van der Waals surface area contributed by atoms with Crippen LogP contribution in [-0.2, 0) is 9.53 Å². The first-order valence-electron chi connectivity index (χ1n) is 9.11. The van der Waals surface area contributed by atoms with Crippen molar-refractivity contribution in [3.63, 3.8) is 0 Å². The van der Waals surface area contributed by atoms with Crippen molar-refractivity contribution in [2.45, 2.75) is 33.3 Å². The standard InChI is InChI=1S/C22H22O6/c1-4-11-25-22(24)15(3)27-17-9-10-18-19(12-17)26-13-20(21(18)23)28-16-7-5-14(2)6-8-16/h5-10,12-13,15H,4,11H2,1-3H3. The maximum atomic E-state index is 12.7. The zero-order valence-corrected chi connectivity index (χ0v) is 16.1. The van der Waals surface area contributed by atoms with Crippen molar-refractivity contribution >= 4 is 16.9 Å². The van der Waals surface area contributed by atoms with Crippen molar-refractivity contribution in [1.29, 1.82) is 0 Å². The van der Waals surface area contributed by atoms with Crippen LogP contribution in [0.1, 0.15) is 25.8 Å². The number of hydrogen-bond acceptors (Lipinski definition) is 6. The van der Waals surface area contributed by atoms with Gasteiger partial charge in [0, 0.05) is 6.07 Å². The van der Waals surface area contributed by atoms with Gasteiger partial charge in [0.1, 0.15) is 23.3 Å². The van der Waals surface area contributed by atoms with E-state index >= 15 is 0 Å². The molecule has 0 saturated heterocycles. The number of fused-ring (bicyclic) bond motifs is 1. The Bertz CT molecular complexity index is 1020. The molecule has 6 nitrogen and oxygen atoms in total. The van der Waals surface area contributed by atoms with E-state index in [4.69, 9.17) is 18.6 Å². The van der Waals surface area contributed by atoms with Gasteiger partial charge in [-0.05, 0) is 44.5 Å². The molecule has 1 unspecified atom stereocenters. The van der Waals surface area contributed by atoms with E-state index in [2.05, 4.69) is 0 Å². The Morgan fingerprint density at radius 1 is 1.11 bits per heavy atom. The quantitative estimate of drug-likeness (QED) is 0.555. The van der Waals surface area contributed by atoms with E-state index < -0.39 is 12.1 Å². The molecule has 6 heteroatoms.